The van der Waals surface area contributed by atoms with Gasteiger partial charge in [0.1, 0.15) is 5.82 Å². The second-order valence-electron chi connectivity index (χ2n) is 7.31. The Balaban J connectivity index is 1.61. The number of halogens is 1. The summed E-state index contributed by atoms with van der Waals surface area (Å²) < 4.78 is 1.66. The van der Waals surface area contributed by atoms with Gasteiger partial charge < -0.3 is 10.2 Å². The van der Waals surface area contributed by atoms with E-state index in [0.29, 0.717) is 16.8 Å². The predicted octanol–water partition coefficient (Wildman–Crippen LogP) is 3.08. The minimum Gasteiger partial charge on any atom is -0.346 e. The van der Waals surface area contributed by atoms with Crippen LogP contribution in [0.15, 0.2) is 24.3 Å². The molecule has 1 fully saturated rings. The number of nitrogens with zero attached hydrogens (tertiary/aromatic N) is 4. The van der Waals surface area contributed by atoms with Crippen molar-refractivity contribution in [3.63, 3.8) is 0 Å². The smallest absolute Gasteiger partial charge is 0.291 e. The molecule has 0 bridgehead atoms. The zero-order valence-electron chi connectivity index (χ0n) is 15.6. The Bertz CT molecular complexity index is 748. The number of amides is 1. The molecule has 2 heterocycles. The van der Waals surface area contributed by atoms with Crippen LogP contribution >= 0.6 is 11.6 Å². The van der Waals surface area contributed by atoms with E-state index in [1.165, 1.54) is 0 Å². The molecule has 0 unspecified atom stereocenters. The van der Waals surface area contributed by atoms with E-state index in [2.05, 4.69) is 34.1 Å². The Morgan fingerprint density at radius 3 is 2.54 bits per heavy atom. The Morgan fingerprint density at radius 1 is 1.27 bits per heavy atom. The van der Waals surface area contributed by atoms with Crippen molar-refractivity contribution < 1.29 is 4.79 Å². The number of aryl methyl sites for hydroxylation is 1. The molecule has 6 nitrogen and oxygen atoms in total. The lowest BCUT2D eigenvalue weighted by atomic mass is 10.0. The van der Waals surface area contributed by atoms with E-state index in [9.17, 15) is 4.79 Å². The van der Waals surface area contributed by atoms with E-state index in [0.717, 1.165) is 38.2 Å². The highest BCUT2D eigenvalue weighted by Crippen LogP contribution is 2.15. The van der Waals surface area contributed by atoms with Crippen LogP contribution in [0, 0.1) is 12.8 Å². The molecule has 0 atom stereocenters. The molecule has 0 aliphatic carbocycles. The Kier molecular flexibility index (Phi) is 5.94. The van der Waals surface area contributed by atoms with Crippen molar-refractivity contribution in [2.75, 3.05) is 19.6 Å². The first-order chi connectivity index (χ1) is 12.4. The molecule has 0 radical (unpaired) electrons. The normalized spacial score (nSPS) is 16.2. The molecule has 1 aliphatic heterocycles. The number of nitrogens with one attached hydrogen (secondary N) is 1. The first-order valence-electron chi connectivity index (χ1n) is 9.15. The molecule has 0 spiro atoms. The fourth-order valence-corrected chi connectivity index (χ4v) is 3.47. The van der Waals surface area contributed by atoms with Gasteiger partial charge in [-0.25, -0.2) is 9.67 Å². The van der Waals surface area contributed by atoms with E-state index in [4.69, 9.17) is 11.6 Å². The van der Waals surface area contributed by atoms with Gasteiger partial charge in [-0.2, -0.15) is 0 Å². The Labute approximate surface area is 159 Å². The average molecular weight is 376 g/mol. The van der Waals surface area contributed by atoms with Gasteiger partial charge in [0.25, 0.3) is 5.91 Å². The topological polar surface area (TPSA) is 63.1 Å². The van der Waals surface area contributed by atoms with E-state index in [-0.39, 0.29) is 17.8 Å². The maximum absolute atomic E-state index is 12.5. The van der Waals surface area contributed by atoms with Crippen LogP contribution in [0.5, 0.6) is 0 Å². The molecule has 7 heteroatoms. The lowest BCUT2D eigenvalue weighted by Crippen LogP contribution is -2.45. The SMILES string of the molecule is Cc1nc(C(=O)NC2CCN(CC(C)C)CC2)nn1-c1ccc(Cl)cc1. The summed E-state index contributed by atoms with van der Waals surface area (Å²) in [7, 11) is 0. The predicted molar refractivity (Wildman–Crippen MR) is 103 cm³/mol. The number of rotatable bonds is 5. The van der Waals surface area contributed by atoms with Gasteiger partial charge in [0.2, 0.25) is 5.82 Å². The fourth-order valence-electron chi connectivity index (χ4n) is 3.34. The third kappa shape index (κ3) is 4.62. The molecular weight excluding hydrogens is 350 g/mol. The number of carbonyl (C=O) groups excluding carboxylic acids is 1. The molecule has 1 aromatic heterocycles. The molecule has 3 rings (SSSR count). The number of likely N-dealkylation sites (tertiary alicyclic amines) is 1. The molecule has 1 saturated heterocycles. The molecule has 1 N–H and O–H groups in total. The summed E-state index contributed by atoms with van der Waals surface area (Å²) in [5.74, 6) is 1.35. The second-order valence-corrected chi connectivity index (χ2v) is 7.75. The van der Waals surface area contributed by atoms with Crippen LogP contribution in [0.1, 0.15) is 43.1 Å². The lowest BCUT2D eigenvalue weighted by Gasteiger charge is -2.33. The first kappa shape index (κ1) is 18.9. The zero-order chi connectivity index (χ0) is 18.7. The van der Waals surface area contributed by atoms with Gasteiger partial charge in [-0.3, -0.25) is 4.79 Å². The van der Waals surface area contributed by atoms with Gasteiger partial charge in [-0.05, 0) is 49.9 Å². The van der Waals surface area contributed by atoms with Crippen LogP contribution in [0.25, 0.3) is 5.69 Å². The number of benzene rings is 1. The maximum Gasteiger partial charge on any atom is 0.291 e. The van der Waals surface area contributed by atoms with Crippen molar-refractivity contribution in [1.29, 1.82) is 0 Å². The summed E-state index contributed by atoms with van der Waals surface area (Å²) in [6, 6.07) is 7.49. The Hall–Kier alpha value is -1.92. The van der Waals surface area contributed by atoms with Crippen LogP contribution in [-0.2, 0) is 0 Å². The van der Waals surface area contributed by atoms with Crippen molar-refractivity contribution in [3.05, 3.63) is 40.9 Å². The van der Waals surface area contributed by atoms with Crippen molar-refractivity contribution >= 4 is 17.5 Å². The van der Waals surface area contributed by atoms with Gasteiger partial charge in [0.05, 0.1) is 5.69 Å². The molecule has 1 aliphatic rings. The molecule has 26 heavy (non-hydrogen) atoms. The summed E-state index contributed by atoms with van der Waals surface area (Å²) in [5, 5.41) is 8.12. The van der Waals surface area contributed by atoms with Crippen LogP contribution in [0.3, 0.4) is 0 Å². The summed E-state index contributed by atoms with van der Waals surface area (Å²) >= 11 is 5.93. The average Bonchev–Trinajstić information content (AvgIpc) is 2.99. The fraction of sp³-hybridized carbons (Fsp3) is 0.526. The highest BCUT2D eigenvalue weighted by atomic mass is 35.5. The van der Waals surface area contributed by atoms with E-state index in [1.54, 1.807) is 16.8 Å². The van der Waals surface area contributed by atoms with Crippen molar-refractivity contribution in [1.82, 2.24) is 25.0 Å². The number of aromatic nitrogens is 3. The minimum atomic E-state index is -0.205. The van der Waals surface area contributed by atoms with Gasteiger partial charge in [0.15, 0.2) is 0 Å². The summed E-state index contributed by atoms with van der Waals surface area (Å²) in [4.78, 5) is 19.3. The molecule has 1 amide bonds. The third-order valence-electron chi connectivity index (χ3n) is 4.59. The molecule has 1 aromatic carbocycles. The van der Waals surface area contributed by atoms with Crippen LogP contribution in [-0.4, -0.2) is 51.2 Å². The van der Waals surface area contributed by atoms with Crippen molar-refractivity contribution in [3.8, 4) is 5.69 Å². The standard InChI is InChI=1S/C19H26ClN5O/c1-13(2)12-24-10-8-16(9-11-24)22-19(26)18-21-14(3)25(23-18)17-6-4-15(20)5-7-17/h4-7,13,16H,8-12H2,1-3H3,(H,22,26). The number of piperidine rings is 1. The van der Waals surface area contributed by atoms with Crippen LogP contribution in [0.4, 0.5) is 0 Å². The number of hydrogen-bond acceptors (Lipinski definition) is 4. The molecular formula is C19H26ClN5O. The van der Waals surface area contributed by atoms with Gasteiger partial charge >= 0.3 is 0 Å². The highest BCUT2D eigenvalue weighted by Gasteiger charge is 2.23. The summed E-state index contributed by atoms with van der Waals surface area (Å²) in [5.41, 5.74) is 0.834. The van der Waals surface area contributed by atoms with Crippen molar-refractivity contribution in [2.45, 2.75) is 39.7 Å². The van der Waals surface area contributed by atoms with Gasteiger partial charge in [-0.15, -0.1) is 5.10 Å². The second kappa shape index (κ2) is 8.18. The van der Waals surface area contributed by atoms with Crippen LogP contribution in [0.2, 0.25) is 5.02 Å². The van der Waals surface area contributed by atoms with Crippen molar-refractivity contribution in [2.24, 2.45) is 5.92 Å². The highest BCUT2D eigenvalue weighted by molar-refractivity contribution is 6.30. The largest absolute Gasteiger partial charge is 0.346 e. The van der Waals surface area contributed by atoms with Gasteiger partial charge in [-0.1, -0.05) is 25.4 Å². The van der Waals surface area contributed by atoms with E-state index in [1.807, 2.05) is 19.1 Å². The Morgan fingerprint density at radius 2 is 1.92 bits per heavy atom. The lowest BCUT2D eigenvalue weighted by molar-refractivity contribution is 0.0897. The number of carbonyl (C=O) groups is 1. The summed E-state index contributed by atoms with van der Waals surface area (Å²) in [6.07, 6.45) is 1.94. The molecule has 2 aromatic rings. The monoisotopic (exact) mass is 375 g/mol. The molecule has 140 valence electrons. The zero-order valence-corrected chi connectivity index (χ0v) is 16.3. The molecule has 0 saturated carbocycles. The maximum atomic E-state index is 12.5. The first-order valence-corrected chi connectivity index (χ1v) is 9.53. The third-order valence-corrected chi connectivity index (χ3v) is 4.84. The van der Waals surface area contributed by atoms with Crippen LogP contribution < -0.4 is 5.32 Å². The number of hydrogen-bond donors (Lipinski definition) is 1. The van der Waals surface area contributed by atoms with Gasteiger partial charge in [0, 0.05) is 30.7 Å². The van der Waals surface area contributed by atoms with E-state index < -0.39 is 0 Å². The van der Waals surface area contributed by atoms with E-state index >= 15 is 0 Å². The summed E-state index contributed by atoms with van der Waals surface area (Å²) in [6.45, 7) is 9.47. The minimum absolute atomic E-state index is 0.189. The quantitative estimate of drug-likeness (QED) is 0.872.